The molecular weight excluding hydrogens is 206 g/mol. The molecular formula is C10H7N5O. The Morgan fingerprint density at radius 1 is 1.31 bits per heavy atom. The van der Waals surface area contributed by atoms with Crippen LogP contribution in [0.15, 0.2) is 30.9 Å². The van der Waals surface area contributed by atoms with Crippen molar-refractivity contribution in [3.05, 3.63) is 36.4 Å². The van der Waals surface area contributed by atoms with Gasteiger partial charge in [-0.3, -0.25) is 9.78 Å². The summed E-state index contributed by atoms with van der Waals surface area (Å²) in [6, 6.07) is 1.81. The van der Waals surface area contributed by atoms with Crippen LogP contribution in [0, 0.1) is 0 Å². The van der Waals surface area contributed by atoms with E-state index in [0.29, 0.717) is 11.2 Å². The Balaban J connectivity index is 2.49. The number of carbonyl (C=O) groups excluding carboxylic acids is 1. The van der Waals surface area contributed by atoms with Gasteiger partial charge in [0.2, 0.25) is 0 Å². The molecule has 0 saturated carbocycles. The predicted molar refractivity (Wildman–Crippen MR) is 56.8 cm³/mol. The van der Waals surface area contributed by atoms with E-state index in [2.05, 4.69) is 15.1 Å². The van der Waals surface area contributed by atoms with Crippen LogP contribution in [0.3, 0.4) is 0 Å². The fourth-order valence-corrected chi connectivity index (χ4v) is 1.64. The summed E-state index contributed by atoms with van der Waals surface area (Å²) in [6.45, 7) is 0. The summed E-state index contributed by atoms with van der Waals surface area (Å²) < 4.78 is 1.58. The van der Waals surface area contributed by atoms with Crippen molar-refractivity contribution in [2.75, 3.05) is 0 Å². The van der Waals surface area contributed by atoms with Gasteiger partial charge in [0, 0.05) is 24.0 Å². The van der Waals surface area contributed by atoms with Gasteiger partial charge in [0.1, 0.15) is 5.56 Å². The lowest BCUT2D eigenvalue weighted by Gasteiger charge is -1.99. The average Bonchev–Trinajstić information content (AvgIpc) is 2.73. The molecule has 0 bridgehead atoms. The zero-order valence-corrected chi connectivity index (χ0v) is 8.16. The molecule has 3 heterocycles. The molecule has 3 aromatic heterocycles. The molecule has 0 unspecified atom stereocenters. The minimum atomic E-state index is -0.532. The monoisotopic (exact) mass is 213 g/mol. The summed E-state index contributed by atoms with van der Waals surface area (Å²) in [5.41, 5.74) is 6.85. The summed E-state index contributed by atoms with van der Waals surface area (Å²) in [4.78, 5) is 19.3. The first kappa shape index (κ1) is 8.78. The Morgan fingerprint density at radius 3 is 3.00 bits per heavy atom. The van der Waals surface area contributed by atoms with Gasteiger partial charge in [-0.1, -0.05) is 0 Å². The largest absolute Gasteiger partial charge is 0.365 e. The number of aromatic nitrogens is 4. The third-order valence-corrected chi connectivity index (χ3v) is 2.39. The first-order chi connectivity index (χ1) is 7.77. The summed E-state index contributed by atoms with van der Waals surface area (Å²) >= 11 is 0. The van der Waals surface area contributed by atoms with Crippen LogP contribution in [0.1, 0.15) is 10.4 Å². The molecule has 0 saturated heterocycles. The van der Waals surface area contributed by atoms with E-state index in [1.807, 2.05) is 6.07 Å². The second-order valence-corrected chi connectivity index (χ2v) is 3.35. The maximum absolute atomic E-state index is 11.1. The fourth-order valence-electron chi connectivity index (χ4n) is 1.64. The molecule has 0 aliphatic rings. The summed E-state index contributed by atoms with van der Waals surface area (Å²) in [5, 5.41) is 4.95. The quantitative estimate of drug-likeness (QED) is 0.633. The standard InChI is InChI=1S/C10H7N5O/c11-9(16)7-5-14-15-8-1-2-12-3-6(8)4-13-10(7)15/h1-5H,(H2,11,16). The first-order valence-electron chi connectivity index (χ1n) is 4.63. The summed E-state index contributed by atoms with van der Waals surface area (Å²) in [6.07, 6.45) is 6.41. The molecule has 3 aromatic rings. The van der Waals surface area contributed by atoms with Gasteiger partial charge in [-0.25, -0.2) is 9.50 Å². The highest BCUT2D eigenvalue weighted by Gasteiger charge is 2.11. The van der Waals surface area contributed by atoms with Crippen molar-refractivity contribution in [2.24, 2.45) is 5.73 Å². The molecule has 0 radical (unpaired) electrons. The highest BCUT2D eigenvalue weighted by atomic mass is 16.1. The lowest BCUT2D eigenvalue weighted by molar-refractivity contribution is 0.100. The van der Waals surface area contributed by atoms with E-state index in [0.717, 1.165) is 10.9 Å². The Morgan fingerprint density at radius 2 is 2.19 bits per heavy atom. The van der Waals surface area contributed by atoms with Crippen molar-refractivity contribution in [1.29, 1.82) is 0 Å². The molecule has 6 nitrogen and oxygen atoms in total. The molecule has 0 aromatic carbocycles. The zero-order valence-electron chi connectivity index (χ0n) is 8.16. The summed E-state index contributed by atoms with van der Waals surface area (Å²) in [5.74, 6) is -0.532. The normalized spacial score (nSPS) is 11.0. The number of primary amides is 1. The topological polar surface area (TPSA) is 86.2 Å². The third-order valence-electron chi connectivity index (χ3n) is 2.39. The number of nitrogens with two attached hydrogens (primary N) is 1. The number of hydrogen-bond acceptors (Lipinski definition) is 4. The van der Waals surface area contributed by atoms with Crippen molar-refractivity contribution in [3.8, 4) is 0 Å². The van der Waals surface area contributed by atoms with Crippen LogP contribution >= 0.6 is 0 Å². The highest BCUT2D eigenvalue weighted by molar-refractivity contribution is 5.99. The van der Waals surface area contributed by atoms with E-state index in [1.165, 1.54) is 6.20 Å². The number of amides is 1. The van der Waals surface area contributed by atoms with E-state index < -0.39 is 5.91 Å². The minimum Gasteiger partial charge on any atom is -0.365 e. The van der Waals surface area contributed by atoms with Crippen LogP contribution in [-0.2, 0) is 0 Å². The van der Waals surface area contributed by atoms with Crippen LogP contribution < -0.4 is 5.73 Å². The second kappa shape index (κ2) is 2.99. The van der Waals surface area contributed by atoms with Crippen molar-refractivity contribution in [2.45, 2.75) is 0 Å². The van der Waals surface area contributed by atoms with Gasteiger partial charge < -0.3 is 5.73 Å². The fraction of sp³-hybridized carbons (Fsp3) is 0. The zero-order chi connectivity index (χ0) is 11.1. The van der Waals surface area contributed by atoms with Crippen LogP contribution in [-0.4, -0.2) is 25.5 Å². The van der Waals surface area contributed by atoms with Crippen molar-refractivity contribution < 1.29 is 4.79 Å². The van der Waals surface area contributed by atoms with Gasteiger partial charge in [0.05, 0.1) is 11.7 Å². The highest BCUT2D eigenvalue weighted by Crippen LogP contribution is 2.15. The van der Waals surface area contributed by atoms with Gasteiger partial charge in [-0.15, -0.1) is 0 Å². The van der Waals surface area contributed by atoms with Crippen molar-refractivity contribution in [3.63, 3.8) is 0 Å². The van der Waals surface area contributed by atoms with Crippen LogP contribution in [0.25, 0.3) is 16.6 Å². The molecule has 16 heavy (non-hydrogen) atoms. The van der Waals surface area contributed by atoms with Gasteiger partial charge >= 0.3 is 0 Å². The molecule has 0 spiro atoms. The number of rotatable bonds is 1. The van der Waals surface area contributed by atoms with Crippen LogP contribution in [0.2, 0.25) is 0 Å². The lowest BCUT2D eigenvalue weighted by Crippen LogP contribution is -2.10. The van der Waals surface area contributed by atoms with E-state index in [-0.39, 0.29) is 0 Å². The van der Waals surface area contributed by atoms with Crippen LogP contribution in [0.4, 0.5) is 0 Å². The molecule has 0 atom stereocenters. The third kappa shape index (κ3) is 1.07. The van der Waals surface area contributed by atoms with E-state index >= 15 is 0 Å². The number of fused-ring (bicyclic) bond motifs is 3. The molecule has 6 heteroatoms. The Labute approximate surface area is 89.7 Å². The Kier molecular flexibility index (Phi) is 1.64. The van der Waals surface area contributed by atoms with Gasteiger partial charge in [0.15, 0.2) is 5.65 Å². The maximum atomic E-state index is 11.1. The summed E-state index contributed by atoms with van der Waals surface area (Å²) in [7, 11) is 0. The SMILES string of the molecule is NC(=O)c1cnn2c1ncc1cnccc12. The molecule has 3 rings (SSSR count). The molecule has 78 valence electrons. The van der Waals surface area contributed by atoms with Gasteiger partial charge in [-0.05, 0) is 6.07 Å². The van der Waals surface area contributed by atoms with Crippen LogP contribution in [0.5, 0.6) is 0 Å². The van der Waals surface area contributed by atoms with Gasteiger partial charge in [-0.2, -0.15) is 5.10 Å². The van der Waals surface area contributed by atoms with Gasteiger partial charge in [0.25, 0.3) is 5.91 Å². The molecule has 2 N–H and O–H groups in total. The maximum Gasteiger partial charge on any atom is 0.254 e. The smallest absolute Gasteiger partial charge is 0.254 e. The van der Waals surface area contributed by atoms with Crippen molar-refractivity contribution in [1.82, 2.24) is 19.6 Å². The molecule has 1 amide bonds. The average molecular weight is 213 g/mol. The minimum absolute atomic E-state index is 0.318. The number of hydrogen-bond donors (Lipinski definition) is 1. The first-order valence-corrected chi connectivity index (χ1v) is 4.63. The lowest BCUT2D eigenvalue weighted by atomic mass is 10.3. The Hall–Kier alpha value is -2.50. The van der Waals surface area contributed by atoms with Crippen molar-refractivity contribution >= 4 is 22.5 Å². The second-order valence-electron chi connectivity index (χ2n) is 3.35. The van der Waals surface area contributed by atoms with E-state index in [9.17, 15) is 4.79 Å². The van der Waals surface area contributed by atoms with E-state index in [4.69, 9.17) is 5.73 Å². The molecule has 0 aliphatic heterocycles. The number of carbonyl (C=O) groups is 1. The molecule has 0 aliphatic carbocycles. The Bertz CT molecular complexity index is 703. The predicted octanol–water partition coefficient (Wildman–Crippen LogP) is 0.376. The molecule has 0 fully saturated rings. The number of nitrogens with zero attached hydrogens (tertiary/aromatic N) is 4. The number of pyridine rings is 1. The van der Waals surface area contributed by atoms with E-state index in [1.54, 1.807) is 23.1 Å².